The van der Waals surface area contributed by atoms with Crippen LogP contribution in [0.15, 0.2) is 0 Å². The Labute approximate surface area is 109 Å². The molecule has 1 rings (SSSR count). The predicted octanol–water partition coefficient (Wildman–Crippen LogP) is 1.23. The second-order valence-corrected chi connectivity index (χ2v) is 4.84. The molecule has 5 nitrogen and oxygen atoms in total. The first-order valence-electron chi connectivity index (χ1n) is 6.73. The van der Waals surface area contributed by atoms with E-state index in [4.69, 9.17) is 14.6 Å². The number of carboxylic acid groups (broad SMARTS) is 1. The second kappa shape index (κ2) is 9.30. The molecule has 1 saturated heterocycles. The first-order chi connectivity index (χ1) is 8.72. The summed E-state index contributed by atoms with van der Waals surface area (Å²) in [6, 6.07) is 0. The van der Waals surface area contributed by atoms with Crippen LogP contribution in [0.3, 0.4) is 0 Å². The number of carbonyl (C=O) groups is 1. The van der Waals surface area contributed by atoms with Gasteiger partial charge >= 0.3 is 5.97 Å². The number of aliphatic carboxylic acids is 1. The van der Waals surface area contributed by atoms with Gasteiger partial charge in [-0.3, -0.25) is 4.79 Å². The summed E-state index contributed by atoms with van der Waals surface area (Å²) in [6.45, 7) is 5.19. The first kappa shape index (κ1) is 15.4. The molecule has 106 valence electrons. The van der Waals surface area contributed by atoms with E-state index in [-0.39, 0.29) is 0 Å². The minimum Gasteiger partial charge on any atom is -0.481 e. The Bertz CT molecular complexity index is 227. The fourth-order valence-corrected chi connectivity index (χ4v) is 2.30. The van der Waals surface area contributed by atoms with Gasteiger partial charge < -0.3 is 19.5 Å². The zero-order valence-electron chi connectivity index (χ0n) is 11.3. The third-order valence-electron chi connectivity index (χ3n) is 3.37. The van der Waals surface area contributed by atoms with Gasteiger partial charge in [0.1, 0.15) is 0 Å². The van der Waals surface area contributed by atoms with Gasteiger partial charge in [0.25, 0.3) is 0 Å². The van der Waals surface area contributed by atoms with Crippen LogP contribution >= 0.6 is 0 Å². The van der Waals surface area contributed by atoms with Gasteiger partial charge in [0.05, 0.1) is 13.2 Å². The lowest BCUT2D eigenvalue weighted by Gasteiger charge is -2.31. The van der Waals surface area contributed by atoms with Crippen LogP contribution in [0.4, 0.5) is 0 Å². The lowest BCUT2D eigenvalue weighted by Crippen LogP contribution is -2.35. The normalized spacial score (nSPS) is 18.1. The molecule has 0 aromatic rings. The third-order valence-corrected chi connectivity index (χ3v) is 3.37. The maximum absolute atomic E-state index is 10.6. The number of hydrogen-bond acceptors (Lipinski definition) is 4. The minimum absolute atomic E-state index is 0.327. The number of piperidine rings is 1. The van der Waals surface area contributed by atoms with Crippen LogP contribution in [0, 0.1) is 5.92 Å². The van der Waals surface area contributed by atoms with E-state index >= 15 is 0 Å². The van der Waals surface area contributed by atoms with Crippen LogP contribution in [0.5, 0.6) is 0 Å². The molecule has 0 radical (unpaired) electrons. The van der Waals surface area contributed by atoms with Gasteiger partial charge in [-0.25, -0.2) is 0 Å². The fraction of sp³-hybridized carbons (Fsp3) is 0.923. The highest BCUT2D eigenvalue weighted by molar-refractivity contribution is 5.67. The SMILES string of the molecule is COCCOCCCN1CCC(CC(=O)O)CC1. The number of likely N-dealkylation sites (tertiary alicyclic amines) is 1. The fourth-order valence-electron chi connectivity index (χ4n) is 2.30. The molecule has 5 heteroatoms. The van der Waals surface area contributed by atoms with Crippen molar-refractivity contribution in [3.05, 3.63) is 0 Å². The van der Waals surface area contributed by atoms with E-state index in [9.17, 15) is 4.79 Å². The summed E-state index contributed by atoms with van der Waals surface area (Å²) in [6.07, 6.45) is 3.38. The summed E-state index contributed by atoms with van der Waals surface area (Å²) >= 11 is 0. The zero-order chi connectivity index (χ0) is 13.2. The van der Waals surface area contributed by atoms with Gasteiger partial charge in [0, 0.05) is 26.7 Å². The van der Waals surface area contributed by atoms with Crippen LogP contribution in [-0.2, 0) is 14.3 Å². The second-order valence-electron chi connectivity index (χ2n) is 4.84. The minimum atomic E-state index is -0.667. The molecule has 0 saturated carbocycles. The van der Waals surface area contributed by atoms with E-state index in [0.717, 1.165) is 45.5 Å². The number of rotatable bonds is 9. The van der Waals surface area contributed by atoms with Crippen LogP contribution in [-0.4, -0.2) is 62.5 Å². The average Bonchev–Trinajstić information content (AvgIpc) is 2.35. The molecule has 0 aromatic heterocycles. The van der Waals surface area contributed by atoms with Crippen molar-refractivity contribution in [1.29, 1.82) is 0 Å². The quantitative estimate of drug-likeness (QED) is 0.631. The molecule has 0 amide bonds. The van der Waals surface area contributed by atoms with Crippen molar-refractivity contribution in [1.82, 2.24) is 4.90 Å². The Morgan fingerprint density at radius 1 is 1.28 bits per heavy atom. The molecule has 0 atom stereocenters. The van der Waals surface area contributed by atoms with Gasteiger partial charge in [0.2, 0.25) is 0 Å². The largest absolute Gasteiger partial charge is 0.481 e. The lowest BCUT2D eigenvalue weighted by atomic mass is 9.93. The standard InChI is InChI=1S/C13H25NO4/c1-17-9-10-18-8-2-5-14-6-3-12(4-7-14)11-13(15)16/h12H,2-11H2,1H3,(H,15,16). The number of hydrogen-bond donors (Lipinski definition) is 1. The summed E-state index contributed by atoms with van der Waals surface area (Å²) < 4.78 is 10.3. The van der Waals surface area contributed by atoms with Crippen LogP contribution in [0.1, 0.15) is 25.7 Å². The monoisotopic (exact) mass is 259 g/mol. The van der Waals surface area contributed by atoms with Crippen molar-refractivity contribution in [2.24, 2.45) is 5.92 Å². The molecule has 0 bridgehead atoms. The first-order valence-corrected chi connectivity index (χ1v) is 6.73. The summed E-state index contributed by atoms with van der Waals surface area (Å²) in [5, 5.41) is 8.74. The van der Waals surface area contributed by atoms with Crippen molar-refractivity contribution in [3.63, 3.8) is 0 Å². The molecule has 0 aliphatic carbocycles. The molecule has 0 unspecified atom stereocenters. The maximum atomic E-state index is 10.6. The van der Waals surface area contributed by atoms with E-state index in [2.05, 4.69) is 4.90 Å². The Morgan fingerprint density at radius 3 is 2.61 bits per heavy atom. The van der Waals surface area contributed by atoms with Gasteiger partial charge in [-0.2, -0.15) is 0 Å². The lowest BCUT2D eigenvalue weighted by molar-refractivity contribution is -0.138. The topological polar surface area (TPSA) is 59.0 Å². The Morgan fingerprint density at radius 2 is 2.00 bits per heavy atom. The number of nitrogens with zero attached hydrogens (tertiary/aromatic N) is 1. The highest BCUT2D eigenvalue weighted by Gasteiger charge is 2.20. The molecule has 1 N–H and O–H groups in total. The molecule has 0 aromatic carbocycles. The molecule has 18 heavy (non-hydrogen) atoms. The van der Waals surface area contributed by atoms with Crippen molar-refractivity contribution >= 4 is 5.97 Å². The van der Waals surface area contributed by atoms with Crippen molar-refractivity contribution in [2.75, 3.05) is 46.6 Å². The van der Waals surface area contributed by atoms with E-state index in [1.165, 1.54) is 0 Å². The highest BCUT2D eigenvalue weighted by atomic mass is 16.5. The van der Waals surface area contributed by atoms with Gasteiger partial charge in [-0.05, 0) is 38.3 Å². The van der Waals surface area contributed by atoms with E-state index in [1.54, 1.807) is 7.11 Å². The van der Waals surface area contributed by atoms with Gasteiger partial charge in [-0.1, -0.05) is 0 Å². The molecular weight excluding hydrogens is 234 g/mol. The summed E-state index contributed by atoms with van der Waals surface area (Å²) in [5.41, 5.74) is 0. The molecule has 1 fully saturated rings. The maximum Gasteiger partial charge on any atom is 0.303 e. The molecular formula is C13H25NO4. The van der Waals surface area contributed by atoms with E-state index in [1.807, 2.05) is 0 Å². The Hall–Kier alpha value is -0.650. The van der Waals surface area contributed by atoms with Gasteiger partial charge in [0.15, 0.2) is 0 Å². The molecule has 1 heterocycles. The average molecular weight is 259 g/mol. The summed E-state index contributed by atoms with van der Waals surface area (Å²) in [7, 11) is 1.67. The smallest absolute Gasteiger partial charge is 0.303 e. The van der Waals surface area contributed by atoms with Crippen LogP contribution in [0.2, 0.25) is 0 Å². The van der Waals surface area contributed by atoms with Crippen molar-refractivity contribution < 1.29 is 19.4 Å². The van der Waals surface area contributed by atoms with Gasteiger partial charge in [-0.15, -0.1) is 0 Å². The van der Waals surface area contributed by atoms with Crippen LogP contribution in [0.25, 0.3) is 0 Å². The number of carboxylic acids is 1. The Kier molecular flexibility index (Phi) is 7.96. The number of ether oxygens (including phenoxy) is 2. The van der Waals surface area contributed by atoms with Crippen molar-refractivity contribution in [2.45, 2.75) is 25.7 Å². The molecule has 0 spiro atoms. The summed E-state index contributed by atoms with van der Waals surface area (Å²) in [5.74, 6) is -0.295. The van der Waals surface area contributed by atoms with Crippen molar-refractivity contribution in [3.8, 4) is 0 Å². The molecule has 1 aliphatic heterocycles. The summed E-state index contributed by atoms with van der Waals surface area (Å²) in [4.78, 5) is 13.0. The predicted molar refractivity (Wildman–Crippen MR) is 68.7 cm³/mol. The number of methoxy groups -OCH3 is 1. The zero-order valence-corrected chi connectivity index (χ0v) is 11.3. The van der Waals surface area contributed by atoms with E-state index < -0.39 is 5.97 Å². The third kappa shape index (κ3) is 6.93. The molecule has 1 aliphatic rings. The van der Waals surface area contributed by atoms with E-state index in [0.29, 0.717) is 25.6 Å². The Balaban J connectivity index is 1.97. The highest BCUT2D eigenvalue weighted by Crippen LogP contribution is 2.20. The van der Waals surface area contributed by atoms with Crippen LogP contribution < -0.4 is 0 Å².